The van der Waals surface area contributed by atoms with Gasteiger partial charge in [0, 0.05) is 32.1 Å². The highest BCUT2D eigenvalue weighted by Crippen LogP contribution is 2.20. The third kappa shape index (κ3) is 4.91. The molecular formula is C17H26N2O3. The molecule has 1 aromatic carbocycles. The van der Waals surface area contributed by atoms with Crippen LogP contribution in [0, 0.1) is 0 Å². The summed E-state index contributed by atoms with van der Waals surface area (Å²) in [5, 5.41) is 12.3. The molecule has 0 spiro atoms. The fraction of sp³-hybridized carbons (Fsp3) is 0.588. The fourth-order valence-electron chi connectivity index (χ4n) is 3.06. The van der Waals surface area contributed by atoms with Crippen molar-refractivity contribution >= 4 is 5.91 Å². The van der Waals surface area contributed by atoms with Crippen LogP contribution in [0.5, 0.6) is 11.5 Å². The molecule has 1 aromatic rings. The van der Waals surface area contributed by atoms with Crippen molar-refractivity contribution in [2.45, 2.75) is 45.2 Å². The Morgan fingerprint density at radius 2 is 2.14 bits per heavy atom. The largest absolute Gasteiger partial charge is 0.508 e. The SMILES string of the molecule is CC[C@H]1C[C@@H](NC(C)=O)CCN1CCOc1ccc(O)cc1. The highest BCUT2D eigenvalue weighted by atomic mass is 16.5. The van der Waals surface area contributed by atoms with E-state index in [0.717, 1.165) is 38.1 Å². The molecule has 0 unspecified atom stereocenters. The van der Waals surface area contributed by atoms with Crippen LogP contribution in [-0.4, -0.2) is 47.7 Å². The standard InChI is InChI=1S/C17H26N2O3/c1-3-15-12-14(18-13(2)20)8-9-19(15)10-11-22-17-6-4-16(21)5-7-17/h4-7,14-15,21H,3,8-12H2,1-2H3,(H,18,20)/t14-,15-/m0/s1. The zero-order valence-electron chi connectivity index (χ0n) is 13.4. The number of ether oxygens (including phenoxy) is 1. The van der Waals surface area contributed by atoms with Crippen LogP contribution in [0.1, 0.15) is 33.1 Å². The van der Waals surface area contributed by atoms with Gasteiger partial charge in [0.1, 0.15) is 18.1 Å². The summed E-state index contributed by atoms with van der Waals surface area (Å²) in [6, 6.07) is 7.60. The number of phenols is 1. The first-order chi connectivity index (χ1) is 10.6. The predicted molar refractivity (Wildman–Crippen MR) is 86.1 cm³/mol. The van der Waals surface area contributed by atoms with Crippen LogP contribution in [0.3, 0.4) is 0 Å². The van der Waals surface area contributed by atoms with E-state index in [1.165, 1.54) is 0 Å². The van der Waals surface area contributed by atoms with Gasteiger partial charge in [0.05, 0.1) is 0 Å². The highest BCUT2D eigenvalue weighted by molar-refractivity contribution is 5.73. The molecule has 0 aromatic heterocycles. The van der Waals surface area contributed by atoms with Crippen molar-refractivity contribution in [1.82, 2.24) is 10.2 Å². The van der Waals surface area contributed by atoms with Gasteiger partial charge in [-0.05, 0) is 43.5 Å². The van der Waals surface area contributed by atoms with Gasteiger partial charge in [-0.1, -0.05) is 6.92 Å². The van der Waals surface area contributed by atoms with Crippen molar-refractivity contribution < 1.29 is 14.6 Å². The Bertz CT molecular complexity index is 475. The number of phenolic OH excluding ortho intramolecular Hbond substituents is 1. The van der Waals surface area contributed by atoms with E-state index in [1.807, 2.05) is 0 Å². The first-order valence-corrected chi connectivity index (χ1v) is 8.01. The second-order valence-electron chi connectivity index (χ2n) is 5.86. The molecule has 1 heterocycles. The summed E-state index contributed by atoms with van der Waals surface area (Å²) in [4.78, 5) is 13.6. The average Bonchev–Trinajstić information content (AvgIpc) is 2.50. The number of nitrogens with zero attached hydrogens (tertiary/aromatic N) is 1. The lowest BCUT2D eigenvalue weighted by Crippen LogP contribution is -2.50. The minimum atomic E-state index is 0.0592. The van der Waals surface area contributed by atoms with Crippen molar-refractivity contribution in [3.8, 4) is 11.5 Å². The van der Waals surface area contributed by atoms with Gasteiger partial charge in [-0.3, -0.25) is 9.69 Å². The Balaban J connectivity index is 1.77. The maximum atomic E-state index is 11.2. The molecule has 1 aliphatic rings. The summed E-state index contributed by atoms with van der Waals surface area (Å²) in [7, 11) is 0. The van der Waals surface area contributed by atoms with Crippen LogP contribution in [0.4, 0.5) is 0 Å². The molecule has 22 heavy (non-hydrogen) atoms. The van der Waals surface area contributed by atoms with E-state index in [1.54, 1.807) is 31.2 Å². The molecule has 1 fully saturated rings. The topological polar surface area (TPSA) is 61.8 Å². The van der Waals surface area contributed by atoms with Crippen molar-refractivity contribution in [2.75, 3.05) is 19.7 Å². The zero-order chi connectivity index (χ0) is 15.9. The summed E-state index contributed by atoms with van der Waals surface area (Å²) in [5.41, 5.74) is 0. The van der Waals surface area contributed by atoms with Crippen molar-refractivity contribution in [2.24, 2.45) is 0 Å². The summed E-state index contributed by atoms with van der Waals surface area (Å²) >= 11 is 0. The van der Waals surface area contributed by atoms with E-state index in [9.17, 15) is 9.90 Å². The summed E-state index contributed by atoms with van der Waals surface area (Å²) < 4.78 is 5.73. The molecule has 2 N–H and O–H groups in total. The Labute approximate surface area is 132 Å². The molecule has 0 saturated carbocycles. The maximum Gasteiger partial charge on any atom is 0.217 e. The van der Waals surface area contributed by atoms with Gasteiger partial charge in [-0.25, -0.2) is 0 Å². The lowest BCUT2D eigenvalue weighted by molar-refractivity contribution is -0.120. The molecule has 1 aliphatic heterocycles. The second kappa shape index (κ2) is 8.03. The summed E-state index contributed by atoms with van der Waals surface area (Å²) in [5.74, 6) is 1.08. The van der Waals surface area contributed by atoms with Crippen molar-refractivity contribution in [1.29, 1.82) is 0 Å². The molecule has 0 bridgehead atoms. The smallest absolute Gasteiger partial charge is 0.217 e. The Morgan fingerprint density at radius 3 is 2.77 bits per heavy atom. The summed E-state index contributed by atoms with van der Waals surface area (Å²) in [6.07, 6.45) is 3.08. The van der Waals surface area contributed by atoms with Gasteiger partial charge in [0.15, 0.2) is 0 Å². The first-order valence-electron chi connectivity index (χ1n) is 8.01. The van der Waals surface area contributed by atoms with Gasteiger partial charge in [-0.15, -0.1) is 0 Å². The van der Waals surface area contributed by atoms with E-state index >= 15 is 0 Å². The Morgan fingerprint density at radius 1 is 1.41 bits per heavy atom. The van der Waals surface area contributed by atoms with E-state index in [-0.39, 0.29) is 11.7 Å². The number of carbonyl (C=O) groups is 1. The average molecular weight is 306 g/mol. The molecule has 2 rings (SSSR count). The van der Waals surface area contributed by atoms with Gasteiger partial charge >= 0.3 is 0 Å². The number of carbonyl (C=O) groups excluding carboxylic acids is 1. The van der Waals surface area contributed by atoms with Gasteiger partial charge in [0.2, 0.25) is 5.91 Å². The number of piperidine rings is 1. The molecule has 122 valence electrons. The van der Waals surface area contributed by atoms with E-state index < -0.39 is 0 Å². The maximum absolute atomic E-state index is 11.2. The normalized spacial score (nSPS) is 22.3. The van der Waals surface area contributed by atoms with E-state index in [0.29, 0.717) is 18.7 Å². The molecule has 1 saturated heterocycles. The van der Waals surface area contributed by atoms with E-state index in [4.69, 9.17) is 4.74 Å². The van der Waals surface area contributed by atoms with Gasteiger partial charge < -0.3 is 15.2 Å². The van der Waals surface area contributed by atoms with Crippen LogP contribution in [0.25, 0.3) is 0 Å². The quantitative estimate of drug-likeness (QED) is 0.845. The summed E-state index contributed by atoms with van der Waals surface area (Å²) in [6.45, 7) is 6.27. The minimum absolute atomic E-state index is 0.0592. The fourth-order valence-corrected chi connectivity index (χ4v) is 3.06. The van der Waals surface area contributed by atoms with Gasteiger partial charge in [-0.2, -0.15) is 0 Å². The molecule has 0 radical (unpaired) electrons. The number of hydrogen-bond acceptors (Lipinski definition) is 4. The Kier molecular flexibility index (Phi) is 6.07. The van der Waals surface area contributed by atoms with Gasteiger partial charge in [0.25, 0.3) is 0 Å². The van der Waals surface area contributed by atoms with Crippen LogP contribution < -0.4 is 10.1 Å². The minimum Gasteiger partial charge on any atom is -0.508 e. The third-order valence-electron chi connectivity index (χ3n) is 4.20. The van der Waals surface area contributed by atoms with Crippen LogP contribution >= 0.6 is 0 Å². The number of amides is 1. The molecular weight excluding hydrogens is 280 g/mol. The number of likely N-dealkylation sites (tertiary alicyclic amines) is 1. The second-order valence-corrected chi connectivity index (χ2v) is 5.86. The molecule has 2 atom stereocenters. The molecule has 1 amide bonds. The highest BCUT2D eigenvalue weighted by Gasteiger charge is 2.27. The number of hydrogen-bond donors (Lipinski definition) is 2. The van der Waals surface area contributed by atoms with Crippen LogP contribution in [0.15, 0.2) is 24.3 Å². The lowest BCUT2D eigenvalue weighted by Gasteiger charge is -2.39. The number of rotatable bonds is 6. The van der Waals surface area contributed by atoms with Crippen LogP contribution in [0.2, 0.25) is 0 Å². The van der Waals surface area contributed by atoms with Crippen molar-refractivity contribution in [3.05, 3.63) is 24.3 Å². The monoisotopic (exact) mass is 306 g/mol. The zero-order valence-corrected chi connectivity index (χ0v) is 13.4. The van der Waals surface area contributed by atoms with Crippen LogP contribution in [-0.2, 0) is 4.79 Å². The Hall–Kier alpha value is -1.75. The number of aromatic hydroxyl groups is 1. The molecule has 0 aliphatic carbocycles. The third-order valence-corrected chi connectivity index (χ3v) is 4.20. The predicted octanol–water partition coefficient (Wildman–Crippen LogP) is 2.15. The van der Waals surface area contributed by atoms with E-state index in [2.05, 4.69) is 17.1 Å². The molecule has 5 heteroatoms. The number of nitrogens with one attached hydrogen (secondary N) is 1. The lowest BCUT2D eigenvalue weighted by atomic mass is 9.95. The number of benzene rings is 1. The van der Waals surface area contributed by atoms with Crippen molar-refractivity contribution in [3.63, 3.8) is 0 Å². The molecule has 5 nitrogen and oxygen atoms in total. The first kappa shape index (κ1) is 16.6.